The lowest BCUT2D eigenvalue weighted by atomic mass is 10.1. The molecule has 14 nitrogen and oxygen atoms in total. The molecule has 0 aliphatic rings. The molecule has 0 fully saturated rings. The number of carboxylic acid groups (broad SMARTS) is 2. The molecule has 0 saturated heterocycles. The molecule has 0 aliphatic carbocycles. The summed E-state index contributed by atoms with van der Waals surface area (Å²) in [6.07, 6.45) is 13.6. The highest BCUT2D eigenvalue weighted by Crippen LogP contribution is 2.29. The van der Waals surface area contributed by atoms with Gasteiger partial charge < -0.3 is 29.2 Å². The molecule has 0 atom stereocenters. The van der Waals surface area contributed by atoms with E-state index in [4.69, 9.17) is 29.2 Å². The zero-order valence-corrected chi connectivity index (χ0v) is 27.5. The topological polar surface area (TPSA) is 173 Å². The summed E-state index contributed by atoms with van der Waals surface area (Å²) in [5.41, 5.74) is 2.14. The SMILES string of the molecule is COc1cc(C(=O)O)ccc1OCCCc1cn(CCCCCCCCn2cc(CCCOc3ccc(C(=O)O)cc3OC)nn2)nn1. The quantitative estimate of drug-likeness (QED) is 0.0975. The van der Waals surface area contributed by atoms with Crippen molar-refractivity contribution in [2.75, 3.05) is 27.4 Å². The first kappa shape index (κ1) is 35.7. The fraction of sp³-hybridized carbons (Fsp3) is 0.471. The van der Waals surface area contributed by atoms with E-state index in [1.165, 1.54) is 51.3 Å². The maximum absolute atomic E-state index is 11.1. The number of carbonyl (C=O) groups is 2. The summed E-state index contributed by atoms with van der Waals surface area (Å²) in [6, 6.07) is 9.12. The van der Waals surface area contributed by atoms with E-state index in [1.807, 2.05) is 21.8 Å². The number of hydrogen-bond acceptors (Lipinski definition) is 10. The van der Waals surface area contributed by atoms with E-state index in [-0.39, 0.29) is 11.1 Å². The third-order valence-electron chi connectivity index (χ3n) is 7.69. The van der Waals surface area contributed by atoms with Crippen LogP contribution in [-0.4, -0.2) is 79.6 Å². The van der Waals surface area contributed by atoms with Crippen molar-refractivity contribution in [2.24, 2.45) is 0 Å². The molecule has 14 heteroatoms. The van der Waals surface area contributed by atoms with Gasteiger partial charge in [0.1, 0.15) is 0 Å². The minimum Gasteiger partial charge on any atom is -0.493 e. The normalized spacial score (nSPS) is 11.0. The number of aromatic carboxylic acids is 2. The molecule has 2 heterocycles. The molecule has 2 N–H and O–H groups in total. The zero-order valence-electron chi connectivity index (χ0n) is 27.5. The maximum atomic E-state index is 11.1. The fourth-order valence-corrected chi connectivity index (χ4v) is 5.09. The second-order valence-electron chi connectivity index (χ2n) is 11.3. The molecule has 0 saturated carbocycles. The lowest BCUT2D eigenvalue weighted by Gasteiger charge is -2.10. The molecule has 0 bridgehead atoms. The largest absolute Gasteiger partial charge is 0.493 e. The number of ether oxygens (including phenoxy) is 4. The van der Waals surface area contributed by atoms with Crippen molar-refractivity contribution < 1.29 is 38.7 Å². The van der Waals surface area contributed by atoms with Crippen molar-refractivity contribution in [1.82, 2.24) is 30.0 Å². The number of unbranched alkanes of at least 4 members (excludes halogenated alkanes) is 5. The Labute approximate surface area is 279 Å². The first-order valence-electron chi connectivity index (χ1n) is 16.2. The highest BCUT2D eigenvalue weighted by Gasteiger charge is 2.12. The lowest BCUT2D eigenvalue weighted by molar-refractivity contribution is 0.0685. The Hall–Kier alpha value is -5.14. The van der Waals surface area contributed by atoms with Crippen LogP contribution in [0.25, 0.3) is 0 Å². The van der Waals surface area contributed by atoms with Gasteiger partial charge in [0.2, 0.25) is 0 Å². The monoisotopic (exact) mass is 664 g/mol. The predicted octanol–water partition coefficient (Wildman–Crippen LogP) is 5.35. The van der Waals surface area contributed by atoms with Crippen molar-refractivity contribution in [3.63, 3.8) is 0 Å². The van der Waals surface area contributed by atoms with Crippen LogP contribution in [0.15, 0.2) is 48.8 Å². The molecular formula is C34H44N6O8. The number of methoxy groups -OCH3 is 2. The summed E-state index contributed by atoms with van der Waals surface area (Å²) >= 11 is 0. The van der Waals surface area contributed by atoms with Gasteiger partial charge in [-0.25, -0.2) is 9.59 Å². The number of hydrogen-bond donors (Lipinski definition) is 2. The molecule has 4 rings (SSSR count). The Kier molecular flexibility index (Phi) is 14.0. The zero-order chi connectivity index (χ0) is 34.1. The Balaban J connectivity index is 1.01. The average molecular weight is 665 g/mol. The summed E-state index contributed by atoms with van der Waals surface area (Å²) < 4.78 is 25.8. The third-order valence-corrected chi connectivity index (χ3v) is 7.69. The van der Waals surface area contributed by atoms with Crippen molar-refractivity contribution in [1.29, 1.82) is 0 Å². The molecule has 0 radical (unpaired) electrons. The van der Waals surface area contributed by atoms with Crippen LogP contribution in [0, 0.1) is 0 Å². The second kappa shape index (κ2) is 18.9. The molecule has 0 unspecified atom stereocenters. The molecule has 2 aromatic carbocycles. The summed E-state index contributed by atoms with van der Waals surface area (Å²) in [5, 5.41) is 35.3. The van der Waals surface area contributed by atoms with Crippen molar-refractivity contribution >= 4 is 11.9 Å². The Morgan fingerprint density at radius 2 is 1.02 bits per heavy atom. The van der Waals surface area contributed by atoms with E-state index in [1.54, 1.807) is 12.1 Å². The highest BCUT2D eigenvalue weighted by molar-refractivity contribution is 5.89. The van der Waals surface area contributed by atoms with Gasteiger partial charge in [-0.05, 0) is 74.9 Å². The van der Waals surface area contributed by atoms with Crippen LogP contribution < -0.4 is 18.9 Å². The Morgan fingerprint density at radius 1 is 0.604 bits per heavy atom. The summed E-state index contributed by atoms with van der Waals surface area (Å²) in [4.78, 5) is 22.3. The molecule has 2 aromatic heterocycles. The number of rotatable bonds is 23. The second-order valence-corrected chi connectivity index (χ2v) is 11.3. The van der Waals surface area contributed by atoms with Gasteiger partial charge in [-0.3, -0.25) is 9.36 Å². The number of aryl methyl sites for hydroxylation is 4. The van der Waals surface area contributed by atoms with E-state index >= 15 is 0 Å². The summed E-state index contributed by atoms with van der Waals surface area (Å²) in [7, 11) is 2.97. The Morgan fingerprint density at radius 3 is 1.42 bits per heavy atom. The smallest absolute Gasteiger partial charge is 0.335 e. The first-order valence-corrected chi connectivity index (χ1v) is 16.2. The van der Waals surface area contributed by atoms with Gasteiger partial charge in [0.25, 0.3) is 0 Å². The van der Waals surface area contributed by atoms with Crippen LogP contribution in [0.1, 0.15) is 83.5 Å². The van der Waals surface area contributed by atoms with Crippen LogP contribution in [0.3, 0.4) is 0 Å². The van der Waals surface area contributed by atoms with E-state index in [2.05, 4.69) is 20.6 Å². The third kappa shape index (κ3) is 11.3. The Bertz CT molecular complexity index is 1490. The van der Waals surface area contributed by atoms with Gasteiger partial charge >= 0.3 is 11.9 Å². The van der Waals surface area contributed by atoms with Gasteiger partial charge in [0.15, 0.2) is 23.0 Å². The predicted molar refractivity (Wildman–Crippen MR) is 175 cm³/mol. The summed E-state index contributed by atoms with van der Waals surface area (Å²) in [6.45, 7) is 2.59. The summed E-state index contributed by atoms with van der Waals surface area (Å²) in [5.74, 6) is -0.201. The van der Waals surface area contributed by atoms with Crippen molar-refractivity contribution in [2.45, 2.75) is 77.3 Å². The number of carboxylic acids is 2. The molecule has 0 aliphatic heterocycles. The van der Waals surface area contributed by atoms with Crippen molar-refractivity contribution in [3.8, 4) is 23.0 Å². The maximum Gasteiger partial charge on any atom is 0.335 e. The highest BCUT2D eigenvalue weighted by atomic mass is 16.5. The molecule has 4 aromatic rings. The standard InChI is InChI=1S/C34H44N6O8/c1-45-31-21-25(33(41)42)13-15-29(31)47-19-9-11-27-23-39(37-35-27)17-7-5-3-4-6-8-18-40-24-28(36-38-40)12-10-20-48-30-16-14-26(34(43)44)22-32(30)46-2/h13-16,21-24H,3-12,17-20H2,1-2H3,(H,41,42)(H,43,44). The van der Waals surface area contributed by atoms with Crippen LogP contribution in [0.4, 0.5) is 0 Å². The van der Waals surface area contributed by atoms with Gasteiger partial charge in [-0.1, -0.05) is 36.1 Å². The van der Waals surface area contributed by atoms with Gasteiger partial charge in [0.05, 0.1) is 49.9 Å². The number of nitrogens with zero attached hydrogens (tertiary/aromatic N) is 6. The van der Waals surface area contributed by atoms with Crippen LogP contribution >= 0.6 is 0 Å². The fourth-order valence-electron chi connectivity index (χ4n) is 5.09. The molecule has 0 amide bonds. The number of aromatic nitrogens is 6. The number of benzene rings is 2. The molecule has 258 valence electrons. The van der Waals surface area contributed by atoms with E-state index in [0.29, 0.717) is 36.2 Å². The molecular weight excluding hydrogens is 620 g/mol. The van der Waals surface area contributed by atoms with Crippen LogP contribution in [0.5, 0.6) is 23.0 Å². The van der Waals surface area contributed by atoms with Crippen LogP contribution in [0.2, 0.25) is 0 Å². The minimum absolute atomic E-state index is 0.151. The minimum atomic E-state index is -1.01. The van der Waals surface area contributed by atoms with E-state index < -0.39 is 11.9 Å². The van der Waals surface area contributed by atoms with Gasteiger partial charge in [0, 0.05) is 25.5 Å². The molecule has 48 heavy (non-hydrogen) atoms. The van der Waals surface area contributed by atoms with Gasteiger partial charge in [-0.2, -0.15) is 0 Å². The molecule has 0 spiro atoms. The van der Waals surface area contributed by atoms with E-state index in [9.17, 15) is 9.59 Å². The first-order chi connectivity index (χ1) is 23.4. The van der Waals surface area contributed by atoms with E-state index in [0.717, 1.165) is 75.8 Å². The van der Waals surface area contributed by atoms with Crippen molar-refractivity contribution in [3.05, 3.63) is 71.3 Å². The lowest BCUT2D eigenvalue weighted by Crippen LogP contribution is -2.03. The average Bonchev–Trinajstić information content (AvgIpc) is 3.75. The van der Waals surface area contributed by atoms with Crippen LogP contribution in [-0.2, 0) is 25.9 Å². The van der Waals surface area contributed by atoms with Gasteiger partial charge in [-0.15, -0.1) is 10.2 Å².